The first kappa shape index (κ1) is 8.01. The molecule has 0 fully saturated rings. The second-order valence-corrected chi connectivity index (χ2v) is 9.18. The summed E-state index contributed by atoms with van der Waals surface area (Å²) in [5, 5.41) is 8.18. The molecule has 1 rings (SSSR count). The van der Waals surface area contributed by atoms with Gasteiger partial charge >= 0.3 is 0 Å². The zero-order valence-corrected chi connectivity index (χ0v) is 8.99. The van der Waals surface area contributed by atoms with Crippen LogP contribution >= 0.6 is 15.9 Å². The number of nitrogens with zero attached hydrogens (tertiary/aromatic N) is 1. The van der Waals surface area contributed by atoms with Crippen molar-refractivity contribution in [3.8, 4) is 0 Å². The van der Waals surface area contributed by atoms with Crippen molar-refractivity contribution in [3.05, 3.63) is 10.8 Å². The third-order valence-corrected chi connectivity index (χ3v) is 4.37. The predicted molar refractivity (Wildman–Crippen MR) is 49.3 cm³/mol. The summed E-state index contributed by atoms with van der Waals surface area (Å²) in [7, 11) is -1.17. The molecule has 0 aromatic carbocycles. The Kier molecular flexibility index (Phi) is 2.01. The average Bonchev–Trinajstić information content (AvgIpc) is 2.11. The molecular weight excluding hydrogens is 208 g/mol. The maximum absolute atomic E-state index is 3.95. The van der Waals surface area contributed by atoms with Crippen LogP contribution in [0.3, 0.4) is 0 Å². The van der Waals surface area contributed by atoms with Crippen molar-refractivity contribution >= 4 is 29.2 Å². The van der Waals surface area contributed by atoms with E-state index in [1.807, 2.05) is 6.20 Å². The number of hydrogen-bond acceptors (Lipinski definition) is 1. The molecule has 0 aliphatic carbocycles. The lowest BCUT2D eigenvalue weighted by Gasteiger charge is -2.13. The zero-order valence-electron chi connectivity index (χ0n) is 6.40. The monoisotopic (exact) mass is 218 g/mol. The van der Waals surface area contributed by atoms with Crippen molar-refractivity contribution in [1.82, 2.24) is 10.2 Å². The summed E-state index contributed by atoms with van der Waals surface area (Å²) < 4.78 is 1.05. The SMILES string of the molecule is C[Si](C)(C)c1cn[nH]c1Br. The molecule has 0 unspecified atom stereocenters. The van der Waals surface area contributed by atoms with Gasteiger partial charge in [0.15, 0.2) is 0 Å². The Hall–Kier alpha value is -0.0931. The van der Waals surface area contributed by atoms with Gasteiger partial charge in [-0.1, -0.05) is 19.6 Å². The molecule has 0 radical (unpaired) electrons. The number of rotatable bonds is 1. The van der Waals surface area contributed by atoms with Crippen molar-refractivity contribution in [2.75, 3.05) is 0 Å². The van der Waals surface area contributed by atoms with Gasteiger partial charge < -0.3 is 0 Å². The van der Waals surface area contributed by atoms with E-state index < -0.39 is 8.07 Å². The fourth-order valence-corrected chi connectivity index (χ4v) is 3.95. The largest absolute Gasteiger partial charge is 0.272 e. The molecule has 2 nitrogen and oxygen atoms in total. The van der Waals surface area contributed by atoms with Gasteiger partial charge in [0.1, 0.15) is 0 Å². The van der Waals surface area contributed by atoms with Gasteiger partial charge in [0.05, 0.1) is 12.7 Å². The Morgan fingerprint density at radius 2 is 2.10 bits per heavy atom. The standard InChI is InChI=1S/C6H11BrN2Si/c1-10(2,3)5-4-8-9-6(5)7/h4H,1-3H3,(H,8,9). The van der Waals surface area contributed by atoms with Crippen molar-refractivity contribution < 1.29 is 0 Å². The molecule has 1 aromatic rings. The second kappa shape index (κ2) is 2.51. The van der Waals surface area contributed by atoms with Gasteiger partial charge in [-0.2, -0.15) is 5.10 Å². The second-order valence-electron chi connectivity index (χ2n) is 3.35. The number of halogens is 1. The Labute approximate surface area is 70.2 Å². The summed E-state index contributed by atoms with van der Waals surface area (Å²) in [6.45, 7) is 6.88. The third-order valence-electron chi connectivity index (χ3n) is 1.40. The average molecular weight is 219 g/mol. The lowest BCUT2D eigenvalue weighted by molar-refractivity contribution is 1.07. The smallest absolute Gasteiger partial charge is 0.0996 e. The minimum absolute atomic E-state index is 1.05. The van der Waals surface area contributed by atoms with Gasteiger partial charge in [0.25, 0.3) is 0 Å². The van der Waals surface area contributed by atoms with Crippen LogP contribution in [0.2, 0.25) is 19.6 Å². The van der Waals surface area contributed by atoms with E-state index >= 15 is 0 Å². The van der Waals surface area contributed by atoms with E-state index in [2.05, 4.69) is 45.8 Å². The maximum atomic E-state index is 3.95. The molecule has 0 spiro atoms. The summed E-state index contributed by atoms with van der Waals surface area (Å²) >= 11 is 3.42. The van der Waals surface area contributed by atoms with Crippen LogP contribution in [-0.4, -0.2) is 18.3 Å². The maximum Gasteiger partial charge on any atom is 0.0996 e. The molecule has 1 N–H and O–H groups in total. The number of H-pyrrole nitrogens is 1. The van der Waals surface area contributed by atoms with E-state index in [4.69, 9.17) is 0 Å². The van der Waals surface area contributed by atoms with Gasteiger partial charge in [0.2, 0.25) is 0 Å². The van der Waals surface area contributed by atoms with Crippen LogP contribution in [0.5, 0.6) is 0 Å². The van der Waals surface area contributed by atoms with E-state index in [1.165, 1.54) is 5.19 Å². The lowest BCUT2D eigenvalue weighted by atomic mass is 10.7. The van der Waals surface area contributed by atoms with Gasteiger partial charge in [-0.15, -0.1) is 0 Å². The van der Waals surface area contributed by atoms with Crippen molar-refractivity contribution in [2.24, 2.45) is 0 Å². The summed E-state index contributed by atoms with van der Waals surface area (Å²) in [4.78, 5) is 0. The van der Waals surface area contributed by atoms with Crippen molar-refractivity contribution in [1.29, 1.82) is 0 Å². The van der Waals surface area contributed by atoms with Crippen LogP contribution in [0.4, 0.5) is 0 Å². The molecule has 0 saturated heterocycles. The number of aromatic amines is 1. The first-order valence-corrected chi connectivity index (χ1v) is 7.50. The first-order chi connectivity index (χ1) is 4.52. The van der Waals surface area contributed by atoms with E-state index in [0.29, 0.717) is 0 Å². The molecular formula is C6H11BrN2Si. The quantitative estimate of drug-likeness (QED) is 0.716. The molecule has 0 aliphatic rings. The normalized spacial score (nSPS) is 12.0. The highest BCUT2D eigenvalue weighted by Gasteiger charge is 2.20. The Morgan fingerprint density at radius 1 is 1.50 bits per heavy atom. The van der Waals surface area contributed by atoms with Crippen LogP contribution in [0.1, 0.15) is 0 Å². The molecule has 56 valence electrons. The van der Waals surface area contributed by atoms with Gasteiger partial charge in [0, 0.05) is 6.20 Å². The Morgan fingerprint density at radius 3 is 2.30 bits per heavy atom. The molecule has 0 amide bonds. The molecule has 1 aromatic heterocycles. The van der Waals surface area contributed by atoms with E-state index in [-0.39, 0.29) is 0 Å². The molecule has 4 heteroatoms. The van der Waals surface area contributed by atoms with Crippen LogP contribution in [-0.2, 0) is 0 Å². The summed E-state index contributed by atoms with van der Waals surface area (Å²) in [5.41, 5.74) is 0. The molecule has 10 heavy (non-hydrogen) atoms. The molecule has 1 heterocycles. The molecule has 0 saturated carbocycles. The van der Waals surface area contributed by atoms with E-state index in [1.54, 1.807) is 0 Å². The fraction of sp³-hybridized carbons (Fsp3) is 0.500. The first-order valence-electron chi connectivity index (χ1n) is 3.21. The van der Waals surface area contributed by atoms with Crippen LogP contribution in [0, 0.1) is 0 Å². The predicted octanol–water partition coefficient (Wildman–Crippen LogP) is 1.72. The Bertz CT molecular complexity index is 226. The minimum Gasteiger partial charge on any atom is -0.272 e. The minimum atomic E-state index is -1.17. The van der Waals surface area contributed by atoms with Crippen LogP contribution in [0.15, 0.2) is 10.8 Å². The van der Waals surface area contributed by atoms with Crippen molar-refractivity contribution in [3.63, 3.8) is 0 Å². The number of aromatic nitrogens is 2. The highest BCUT2D eigenvalue weighted by molar-refractivity contribution is 9.10. The highest BCUT2D eigenvalue weighted by Crippen LogP contribution is 2.08. The number of nitrogens with one attached hydrogen (secondary N) is 1. The van der Waals surface area contributed by atoms with Gasteiger partial charge in [-0.05, 0) is 21.1 Å². The highest BCUT2D eigenvalue weighted by atomic mass is 79.9. The molecule has 0 aliphatic heterocycles. The fourth-order valence-electron chi connectivity index (χ4n) is 0.793. The number of hydrogen-bond donors (Lipinski definition) is 1. The van der Waals surface area contributed by atoms with Crippen molar-refractivity contribution in [2.45, 2.75) is 19.6 Å². The van der Waals surface area contributed by atoms with Gasteiger partial charge in [-0.25, -0.2) is 0 Å². The zero-order chi connectivity index (χ0) is 7.78. The summed E-state index contributed by atoms with van der Waals surface area (Å²) in [5.74, 6) is 0. The summed E-state index contributed by atoms with van der Waals surface area (Å²) in [6, 6.07) is 0. The molecule has 0 atom stereocenters. The summed E-state index contributed by atoms with van der Waals surface area (Å²) in [6.07, 6.45) is 1.91. The van der Waals surface area contributed by atoms with E-state index in [9.17, 15) is 0 Å². The Balaban J connectivity index is 3.05. The van der Waals surface area contributed by atoms with Crippen LogP contribution < -0.4 is 5.19 Å². The molecule has 0 bridgehead atoms. The van der Waals surface area contributed by atoms with E-state index in [0.717, 1.165) is 4.60 Å². The van der Waals surface area contributed by atoms with Gasteiger partial charge in [-0.3, -0.25) is 5.10 Å². The topological polar surface area (TPSA) is 28.7 Å². The third kappa shape index (κ3) is 1.49. The van der Waals surface area contributed by atoms with Crippen LogP contribution in [0.25, 0.3) is 0 Å². The lowest BCUT2D eigenvalue weighted by Crippen LogP contribution is -2.37.